The smallest absolute Gasteiger partial charge is 0.221 e. The van der Waals surface area contributed by atoms with E-state index in [1.165, 1.54) is 6.92 Å². The molecule has 1 rings (SSSR count). The number of nitrogens with zero attached hydrogens (tertiary/aromatic N) is 2. The Bertz CT molecular complexity index is 352. The molecule has 0 spiro atoms. The lowest BCUT2D eigenvalue weighted by Gasteiger charge is -2.08. The van der Waals surface area contributed by atoms with Gasteiger partial charge in [0.05, 0.1) is 17.1 Å². The van der Waals surface area contributed by atoms with Crippen molar-refractivity contribution in [3.05, 3.63) is 11.4 Å². The zero-order chi connectivity index (χ0) is 10.9. The summed E-state index contributed by atoms with van der Waals surface area (Å²) in [5, 5.41) is 7.16. The predicted molar refractivity (Wildman–Crippen MR) is 56.4 cm³/mol. The molecule has 0 aliphatic rings. The average Bonchev–Trinajstić information content (AvgIpc) is 2.31. The summed E-state index contributed by atoms with van der Waals surface area (Å²) in [6, 6.07) is 0.316. The fourth-order valence-electron chi connectivity index (χ4n) is 1.52. The van der Waals surface area contributed by atoms with Crippen molar-refractivity contribution in [1.29, 1.82) is 0 Å². The molecule has 0 bridgehead atoms. The standard InChI is InChI=1S/C10H17N3O/c1-6(2)13-8(4)10(7(3)12-13)11-9(5)14/h6H,1-5H3,(H,11,14). The topological polar surface area (TPSA) is 46.9 Å². The first-order valence-electron chi connectivity index (χ1n) is 4.76. The van der Waals surface area contributed by atoms with Crippen LogP contribution in [0.5, 0.6) is 0 Å². The van der Waals surface area contributed by atoms with Crippen molar-refractivity contribution in [2.75, 3.05) is 5.32 Å². The summed E-state index contributed by atoms with van der Waals surface area (Å²) in [5.74, 6) is -0.0560. The molecule has 1 aromatic rings. The van der Waals surface area contributed by atoms with Crippen LogP contribution in [-0.4, -0.2) is 15.7 Å². The van der Waals surface area contributed by atoms with Crippen LogP contribution < -0.4 is 5.32 Å². The Labute approximate surface area is 84.3 Å². The van der Waals surface area contributed by atoms with Crippen molar-refractivity contribution >= 4 is 11.6 Å². The molecular formula is C10H17N3O. The molecule has 0 unspecified atom stereocenters. The molecule has 4 heteroatoms. The van der Waals surface area contributed by atoms with E-state index in [1.807, 2.05) is 18.5 Å². The second kappa shape index (κ2) is 3.82. The predicted octanol–water partition coefficient (Wildman–Crippen LogP) is 2.04. The molecule has 1 amide bonds. The lowest BCUT2D eigenvalue weighted by molar-refractivity contribution is -0.114. The van der Waals surface area contributed by atoms with Gasteiger partial charge < -0.3 is 5.32 Å². The minimum Gasteiger partial charge on any atom is -0.323 e. The first-order valence-corrected chi connectivity index (χ1v) is 4.76. The van der Waals surface area contributed by atoms with E-state index in [2.05, 4.69) is 24.3 Å². The summed E-state index contributed by atoms with van der Waals surface area (Å²) >= 11 is 0. The van der Waals surface area contributed by atoms with Gasteiger partial charge in [0.25, 0.3) is 0 Å². The molecule has 1 heterocycles. The molecule has 78 valence electrons. The van der Waals surface area contributed by atoms with Crippen LogP contribution in [0.25, 0.3) is 0 Å². The van der Waals surface area contributed by atoms with Crippen LogP contribution in [-0.2, 0) is 4.79 Å². The zero-order valence-electron chi connectivity index (χ0n) is 9.38. The van der Waals surface area contributed by atoms with Gasteiger partial charge in [0, 0.05) is 13.0 Å². The molecule has 4 nitrogen and oxygen atoms in total. The maximum Gasteiger partial charge on any atom is 0.221 e. The fourth-order valence-corrected chi connectivity index (χ4v) is 1.52. The van der Waals surface area contributed by atoms with Gasteiger partial charge in [0.2, 0.25) is 5.91 Å². The molecule has 14 heavy (non-hydrogen) atoms. The van der Waals surface area contributed by atoms with Gasteiger partial charge in [0.1, 0.15) is 0 Å². The molecular weight excluding hydrogens is 178 g/mol. The van der Waals surface area contributed by atoms with Crippen molar-refractivity contribution in [3.8, 4) is 0 Å². The van der Waals surface area contributed by atoms with Crippen molar-refractivity contribution in [1.82, 2.24) is 9.78 Å². The number of aryl methyl sites for hydroxylation is 1. The number of carbonyl (C=O) groups excluding carboxylic acids is 1. The number of anilines is 1. The summed E-state index contributed by atoms with van der Waals surface area (Å²) < 4.78 is 1.92. The van der Waals surface area contributed by atoms with Crippen LogP contribution in [0.1, 0.15) is 38.2 Å². The normalized spacial score (nSPS) is 10.7. The Balaban J connectivity index is 3.11. The SMILES string of the molecule is CC(=O)Nc1c(C)nn(C(C)C)c1C. The average molecular weight is 195 g/mol. The Morgan fingerprint density at radius 2 is 2.00 bits per heavy atom. The number of hydrogen-bond donors (Lipinski definition) is 1. The highest BCUT2D eigenvalue weighted by Crippen LogP contribution is 2.21. The van der Waals surface area contributed by atoms with E-state index in [0.29, 0.717) is 6.04 Å². The van der Waals surface area contributed by atoms with Crippen LogP contribution >= 0.6 is 0 Å². The molecule has 0 saturated heterocycles. The molecule has 0 saturated carbocycles. The van der Waals surface area contributed by atoms with Crippen LogP contribution in [0.3, 0.4) is 0 Å². The first-order chi connectivity index (χ1) is 6.43. The monoisotopic (exact) mass is 195 g/mol. The second-order valence-corrected chi connectivity index (χ2v) is 3.77. The summed E-state index contributed by atoms with van der Waals surface area (Å²) in [5.41, 5.74) is 2.71. The highest BCUT2D eigenvalue weighted by Gasteiger charge is 2.13. The molecule has 0 radical (unpaired) electrons. The van der Waals surface area contributed by atoms with Crippen LogP contribution in [0.2, 0.25) is 0 Å². The van der Waals surface area contributed by atoms with E-state index >= 15 is 0 Å². The lowest BCUT2D eigenvalue weighted by Crippen LogP contribution is -2.09. The Kier molecular flexibility index (Phi) is 2.93. The fraction of sp³-hybridized carbons (Fsp3) is 0.600. The van der Waals surface area contributed by atoms with Crippen molar-refractivity contribution in [3.63, 3.8) is 0 Å². The lowest BCUT2D eigenvalue weighted by atomic mass is 10.3. The maximum atomic E-state index is 10.9. The Morgan fingerprint density at radius 1 is 1.43 bits per heavy atom. The minimum absolute atomic E-state index is 0.0560. The summed E-state index contributed by atoms with van der Waals surface area (Å²) in [4.78, 5) is 10.9. The molecule has 1 N–H and O–H groups in total. The van der Waals surface area contributed by atoms with Crippen molar-refractivity contribution < 1.29 is 4.79 Å². The van der Waals surface area contributed by atoms with Gasteiger partial charge in [-0.25, -0.2) is 0 Å². The molecule has 0 fully saturated rings. The summed E-state index contributed by atoms with van der Waals surface area (Å²) in [7, 11) is 0. The van der Waals surface area contributed by atoms with Crippen molar-refractivity contribution in [2.45, 2.75) is 40.7 Å². The van der Waals surface area contributed by atoms with E-state index in [0.717, 1.165) is 17.1 Å². The number of hydrogen-bond acceptors (Lipinski definition) is 2. The third-order valence-corrected chi connectivity index (χ3v) is 2.12. The van der Waals surface area contributed by atoms with Crippen molar-refractivity contribution in [2.24, 2.45) is 0 Å². The van der Waals surface area contributed by atoms with Gasteiger partial charge in [-0.2, -0.15) is 5.10 Å². The van der Waals surface area contributed by atoms with Gasteiger partial charge in [-0.05, 0) is 27.7 Å². The summed E-state index contributed by atoms with van der Waals surface area (Å²) in [6.45, 7) is 9.50. The Morgan fingerprint density at radius 3 is 2.36 bits per heavy atom. The Hall–Kier alpha value is -1.32. The number of nitrogens with one attached hydrogen (secondary N) is 1. The quantitative estimate of drug-likeness (QED) is 0.785. The number of aromatic nitrogens is 2. The number of carbonyl (C=O) groups is 1. The van der Waals surface area contributed by atoms with Gasteiger partial charge in [-0.15, -0.1) is 0 Å². The molecule has 1 aromatic heterocycles. The first kappa shape index (κ1) is 10.8. The minimum atomic E-state index is -0.0560. The van der Waals surface area contributed by atoms with Gasteiger partial charge in [0.15, 0.2) is 0 Å². The highest BCUT2D eigenvalue weighted by atomic mass is 16.1. The molecule has 0 aliphatic heterocycles. The van der Waals surface area contributed by atoms with Gasteiger partial charge in [-0.3, -0.25) is 9.48 Å². The third-order valence-electron chi connectivity index (χ3n) is 2.12. The van der Waals surface area contributed by atoms with E-state index < -0.39 is 0 Å². The van der Waals surface area contributed by atoms with E-state index in [4.69, 9.17) is 0 Å². The van der Waals surface area contributed by atoms with Gasteiger partial charge in [-0.1, -0.05) is 0 Å². The van der Waals surface area contributed by atoms with Crippen LogP contribution in [0.4, 0.5) is 5.69 Å². The van der Waals surface area contributed by atoms with E-state index in [9.17, 15) is 4.79 Å². The van der Waals surface area contributed by atoms with Crippen LogP contribution in [0.15, 0.2) is 0 Å². The largest absolute Gasteiger partial charge is 0.323 e. The molecule has 0 atom stereocenters. The number of amides is 1. The number of rotatable bonds is 2. The van der Waals surface area contributed by atoms with E-state index in [-0.39, 0.29) is 5.91 Å². The second-order valence-electron chi connectivity index (χ2n) is 3.77. The maximum absolute atomic E-state index is 10.9. The zero-order valence-corrected chi connectivity index (χ0v) is 9.38. The van der Waals surface area contributed by atoms with Gasteiger partial charge >= 0.3 is 0 Å². The molecule has 0 aromatic carbocycles. The highest BCUT2D eigenvalue weighted by molar-refractivity contribution is 5.89. The molecule has 0 aliphatic carbocycles. The third kappa shape index (κ3) is 1.95. The van der Waals surface area contributed by atoms with Crippen LogP contribution in [0, 0.1) is 13.8 Å². The summed E-state index contributed by atoms with van der Waals surface area (Å²) in [6.07, 6.45) is 0. The van der Waals surface area contributed by atoms with E-state index in [1.54, 1.807) is 0 Å².